The van der Waals surface area contributed by atoms with Crippen molar-refractivity contribution in [2.75, 3.05) is 0 Å². The van der Waals surface area contributed by atoms with Gasteiger partial charge in [0, 0.05) is 24.0 Å². The van der Waals surface area contributed by atoms with Gasteiger partial charge in [0.15, 0.2) is 5.43 Å². The summed E-state index contributed by atoms with van der Waals surface area (Å²) in [6, 6.07) is 1.03. The second kappa shape index (κ2) is 5.03. The zero-order valence-corrected chi connectivity index (χ0v) is 10.5. The molecule has 1 aromatic rings. The molecule has 94 valence electrons. The largest absolute Gasteiger partial charge is 0.444 e. The van der Waals surface area contributed by atoms with Crippen molar-refractivity contribution in [2.45, 2.75) is 39.3 Å². The lowest BCUT2D eigenvalue weighted by molar-refractivity contribution is 0.0507. The fourth-order valence-corrected chi connectivity index (χ4v) is 1.33. The molecule has 17 heavy (non-hydrogen) atoms. The second-order valence-corrected chi connectivity index (χ2v) is 4.83. The molecule has 0 radical (unpaired) electrons. The average molecular weight is 238 g/mol. The number of H-pyrrole nitrogens is 1. The average Bonchev–Trinajstić information content (AvgIpc) is 2.14. The Morgan fingerprint density at radius 3 is 2.65 bits per heavy atom. The van der Waals surface area contributed by atoms with Crippen LogP contribution in [-0.4, -0.2) is 16.7 Å². The summed E-state index contributed by atoms with van der Waals surface area (Å²) in [5.74, 6) is 0. The summed E-state index contributed by atoms with van der Waals surface area (Å²) in [5.41, 5.74) is -0.168. The number of nitrogens with one attached hydrogen (secondary N) is 2. The Balaban J connectivity index is 2.68. The molecule has 1 aromatic heterocycles. The Labute approximate surface area is 100 Å². The molecule has 1 heterocycles. The van der Waals surface area contributed by atoms with E-state index in [9.17, 15) is 9.59 Å². The summed E-state index contributed by atoms with van der Waals surface area (Å²) in [4.78, 5) is 25.8. The van der Waals surface area contributed by atoms with E-state index in [1.54, 1.807) is 40.1 Å². The van der Waals surface area contributed by atoms with E-state index in [2.05, 4.69) is 10.3 Å². The standard InChI is InChI=1S/C12H18N2O3/c1-8(9-7-13-6-5-10(9)15)14-11(16)17-12(2,3)4/h5-8H,1-4H3,(H,13,15)(H,14,16). The summed E-state index contributed by atoms with van der Waals surface area (Å²) in [6.07, 6.45) is 2.59. The zero-order valence-electron chi connectivity index (χ0n) is 10.5. The van der Waals surface area contributed by atoms with Gasteiger partial charge in [0.1, 0.15) is 5.60 Å². The first-order valence-corrected chi connectivity index (χ1v) is 5.46. The Hall–Kier alpha value is -1.78. The van der Waals surface area contributed by atoms with Gasteiger partial charge in [0.05, 0.1) is 6.04 Å². The van der Waals surface area contributed by atoms with Gasteiger partial charge in [-0.15, -0.1) is 0 Å². The van der Waals surface area contributed by atoms with E-state index in [4.69, 9.17) is 4.74 Å². The molecule has 1 amide bonds. The maximum absolute atomic E-state index is 11.5. The third-order valence-corrected chi connectivity index (χ3v) is 2.05. The molecule has 1 atom stereocenters. The Morgan fingerprint density at radius 2 is 2.12 bits per heavy atom. The predicted molar refractivity (Wildman–Crippen MR) is 64.8 cm³/mol. The SMILES string of the molecule is CC(NC(=O)OC(C)(C)C)c1c[nH]ccc1=O. The van der Waals surface area contributed by atoms with Crippen molar-refractivity contribution >= 4 is 6.09 Å². The number of alkyl carbamates (subject to hydrolysis) is 1. The number of rotatable bonds is 2. The third kappa shape index (κ3) is 4.30. The minimum atomic E-state index is -0.549. The van der Waals surface area contributed by atoms with Crippen LogP contribution < -0.4 is 10.7 Å². The number of aromatic nitrogens is 1. The highest BCUT2D eigenvalue weighted by Gasteiger charge is 2.19. The molecule has 0 bridgehead atoms. The van der Waals surface area contributed by atoms with Crippen molar-refractivity contribution < 1.29 is 9.53 Å². The maximum atomic E-state index is 11.5. The molecule has 5 heteroatoms. The minimum Gasteiger partial charge on any atom is -0.444 e. The number of pyridine rings is 1. The van der Waals surface area contributed by atoms with E-state index in [-0.39, 0.29) is 5.43 Å². The molecule has 0 fully saturated rings. The van der Waals surface area contributed by atoms with Crippen molar-refractivity contribution in [1.29, 1.82) is 0 Å². The number of carbonyl (C=O) groups is 1. The lowest BCUT2D eigenvalue weighted by atomic mass is 10.1. The van der Waals surface area contributed by atoms with Crippen LogP contribution in [0.5, 0.6) is 0 Å². The zero-order chi connectivity index (χ0) is 13.1. The number of ether oxygens (including phenoxy) is 1. The fourth-order valence-electron chi connectivity index (χ4n) is 1.33. The Morgan fingerprint density at radius 1 is 1.47 bits per heavy atom. The molecule has 1 rings (SSSR count). The van der Waals surface area contributed by atoms with Gasteiger partial charge in [0.25, 0.3) is 0 Å². The summed E-state index contributed by atoms with van der Waals surface area (Å²) in [5, 5.41) is 2.61. The van der Waals surface area contributed by atoms with Crippen LogP contribution >= 0.6 is 0 Å². The van der Waals surface area contributed by atoms with Crippen LogP contribution in [0.4, 0.5) is 4.79 Å². The van der Waals surface area contributed by atoms with Gasteiger partial charge in [0.2, 0.25) is 0 Å². The first-order chi connectivity index (χ1) is 7.79. The van der Waals surface area contributed by atoms with Crippen LogP contribution in [-0.2, 0) is 4.74 Å². The van der Waals surface area contributed by atoms with E-state index < -0.39 is 17.7 Å². The van der Waals surface area contributed by atoms with Crippen LogP contribution in [0.2, 0.25) is 0 Å². The number of carbonyl (C=O) groups excluding carboxylic acids is 1. The van der Waals surface area contributed by atoms with Gasteiger partial charge in [-0.05, 0) is 27.7 Å². The molecule has 0 aliphatic heterocycles. The molecule has 5 nitrogen and oxygen atoms in total. The molecule has 0 aliphatic carbocycles. The van der Waals surface area contributed by atoms with Gasteiger partial charge in [-0.25, -0.2) is 4.79 Å². The molecular weight excluding hydrogens is 220 g/mol. The van der Waals surface area contributed by atoms with E-state index in [1.165, 1.54) is 6.07 Å². The highest BCUT2D eigenvalue weighted by atomic mass is 16.6. The van der Waals surface area contributed by atoms with Crippen molar-refractivity contribution in [2.24, 2.45) is 0 Å². The predicted octanol–water partition coefficient (Wildman–Crippen LogP) is 1.96. The van der Waals surface area contributed by atoms with E-state index >= 15 is 0 Å². The van der Waals surface area contributed by atoms with E-state index in [0.717, 1.165) is 0 Å². The third-order valence-electron chi connectivity index (χ3n) is 2.05. The maximum Gasteiger partial charge on any atom is 0.408 e. The monoisotopic (exact) mass is 238 g/mol. The van der Waals surface area contributed by atoms with Crippen molar-refractivity contribution in [3.63, 3.8) is 0 Å². The van der Waals surface area contributed by atoms with Crippen molar-refractivity contribution in [3.05, 3.63) is 34.2 Å². The van der Waals surface area contributed by atoms with Crippen molar-refractivity contribution in [3.8, 4) is 0 Å². The van der Waals surface area contributed by atoms with Crippen LogP contribution in [0.15, 0.2) is 23.3 Å². The summed E-state index contributed by atoms with van der Waals surface area (Å²) < 4.78 is 5.11. The van der Waals surface area contributed by atoms with Gasteiger partial charge in [-0.1, -0.05) is 0 Å². The van der Waals surface area contributed by atoms with Gasteiger partial charge in [-0.3, -0.25) is 4.79 Å². The number of hydrogen-bond acceptors (Lipinski definition) is 3. The molecule has 0 aromatic carbocycles. The molecule has 0 saturated heterocycles. The topological polar surface area (TPSA) is 71.2 Å². The van der Waals surface area contributed by atoms with Crippen LogP contribution in [0, 0.1) is 0 Å². The lowest BCUT2D eigenvalue weighted by Gasteiger charge is -2.21. The number of amides is 1. The van der Waals surface area contributed by atoms with E-state index in [1.807, 2.05) is 0 Å². The smallest absolute Gasteiger partial charge is 0.408 e. The summed E-state index contributed by atoms with van der Waals surface area (Å²) in [7, 11) is 0. The molecule has 0 saturated carbocycles. The van der Waals surface area contributed by atoms with Gasteiger partial charge in [-0.2, -0.15) is 0 Å². The highest BCUT2D eigenvalue weighted by molar-refractivity contribution is 5.68. The molecule has 2 N–H and O–H groups in total. The van der Waals surface area contributed by atoms with Gasteiger partial charge < -0.3 is 15.0 Å². The first-order valence-electron chi connectivity index (χ1n) is 5.46. The molecular formula is C12H18N2O3. The second-order valence-electron chi connectivity index (χ2n) is 4.83. The number of hydrogen-bond donors (Lipinski definition) is 2. The minimum absolute atomic E-state index is 0.118. The fraction of sp³-hybridized carbons (Fsp3) is 0.500. The Kier molecular flexibility index (Phi) is 3.93. The van der Waals surface area contributed by atoms with Crippen molar-refractivity contribution in [1.82, 2.24) is 10.3 Å². The Bertz CT molecular complexity index is 446. The molecule has 0 aliphatic rings. The lowest BCUT2D eigenvalue weighted by Crippen LogP contribution is -2.35. The number of aromatic amines is 1. The van der Waals surface area contributed by atoms with Crippen LogP contribution in [0.3, 0.4) is 0 Å². The van der Waals surface area contributed by atoms with Gasteiger partial charge >= 0.3 is 6.09 Å². The normalized spacial score (nSPS) is 12.9. The highest BCUT2D eigenvalue weighted by Crippen LogP contribution is 2.10. The van der Waals surface area contributed by atoms with Crippen LogP contribution in [0.25, 0.3) is 0 Å². The molecule has 1 unspecified atom stereocenters. The summed E-state index contributed by atoms with van der Waals surface area (Å²) >= 11 is 0. The summed E-state index contributed by atoms with van der Waals surface area (Å²) in [6.45, 7) is 7.08. The van der Waals surface area contributed by atoms with E-state index in [0.29, 0.717) is 5.56 Å². The van der Waals surface area contributed by atoms with Crippen LogP contribution in [0.1, 0.15) is 39.3 Å². The quantitative estimate of drug-likeness (QED) is 0.827. The molecule has 0 spiro atoms. The first kappa shape index (κ1) is 13.3.